The van der Waals surface area contributed by atoms with Crippen molar-refractivity contribution in [2.75, 3.05) is 6.54 Å². The Balaban J connectivity index is 2.32. The molecule has 3 N–H and O–H groups in total. The Morgan fingerprint density at radius 3 is 2.70 bits per heavy atom. The molecule has 2 unspecified atom stereocenters. The molecule has 124 valence electrons. The molecule has 0 radical (unpaired) electrons. The van der Waals surface area contributed by atoms with Crippen molar-refractivity contribution in [2.24, 2.45) is 5.92 Å². The van der Waals surface area contributed by atoms with E-state index in [1.165, 1.54) is 12.1 Å². The number of fused-ring (bicyclic) bond motifs is 1. The van der Waals surface area contributed by atoms with Gasteiger partial charge in [0.05, 0.1) is 17.2 Å². The van der Waals surface area contributed by atoms with Gasteiger partial charge in [0, 0.05) is 18.0 Å². The van der Waals surface area contributed by atoms with Crippen molar-refractivity contribution in [3.63, 3.8) is 0 Å². The molecule has 0 saturated heterocycles. The Kier molecular flexibility index (Phi) is 5.15. The normalized spacial score (nSPS) is 13.8. The lowest BCUT2D eigenvalue weighted by atomic mass is 10.0. The van der Waals surface area contributed by atoms with Crippen LogP contribution in [0.1, 0.15) is 36.2 Å². The molecule has 23 heavy (non-hydrogen) atoms. The third-order valence-electron chi connectivity index (χ3n) is 3.65. The van der Waals surface area contributed by atoms with Crippen LogP contribution in [0.25, 0.3) is 10.9 Å². The largest absolute Gasteiger partial charge is 0.393 e. The summed E-state index contributed by atoms with van der Waals surface area (Å²) in [6, 6.07) is 4.16. The van der Waals surface area contributed by atoms with E-state index in [4.69, 9.17) is 0 Å². The zero-order valence-electron chi connectivity index (χ0n) is 13.4. The van der Waals surface area contributed by atoms with Crippen molar-refractivity contribution in [3.05, 3.63) is 45.5 Å². The van der Waals surface area contributed by atoms with Crippen molar-refractivity contribution < 1.29 is 14.3 Å². The van der Waals surface area contributed by atoms with Crippen LogP contribution in [0.3, 0.4) is 0 Å². The summed E-state index contributed by atoms with van der Waals surface area (Å²) in [6.45, 7) is 5.69. The molecule has 1 aromatic heterocycles. The van der Waals surface area contributed by atoms with E-state index in [9.17, 15) is 19.1 Å². The second-order valence-corrected chi connectivity index (χ2v) is 6.12. The highest BCUT2D eigenvalue weighted by Gasteiger charge is 2.15. The Bertz CT molecular complexity index is 783. The first-order valence-corrected chi connectivity index (χ1v) is 7.57. The second-order valence-electron chi connectivity index (χ2n) is 6.12. The van der Waals surface area contributed by atoms with Crippen molar-refractivity contribution in [3.8, 4) is 0 Å². The molecule has 0 aliphatic carbocycles. The molecule has 2 rings (SSSR count). The van der Waals surface area contributed by atoms with E-state index in [1.54, 1.807) is 19.9 Å². The standard InChI is InChI=1S/C17H21FN2O3/c1-9-5-12-13(7-15(22)20-16(12)14(18)6-9)17(23)19-8-10(2)4-11(3)21/h5-7,10-11,21H,4,8H2,1-3H3,(H,19,23)(H,20,22). The van der Waals surface area contributed by atoms with Gasteiger partial charge < -0.3 is 15.4 Å². The van der Waals surface area contributed by atoms with Crippen LogP contribution in [0, 0.1) is 18.7 Å². The number of benzene rings is 1. The zero-order chi connectivity index (χ0) is 17.1. The van der Waals surface area contributed by atoms with Crippen molar-refractivity contribution >= 4 is 16.8 Å². The lowest BCUT2D eigenvalue weighted by Gasteiger charge is -2.15. The van der Waals surface area contributed by atoms with Crippen molar-refractivity contribution in [2.45, 2.75) is 33.3 Å². The summed E-state index contributed by atoms with van der Waals surface area (Å²) in [5.41, 5.74) is 0.321. The predicted molar refractivity (Wildman–Crippen MR) is 87.1 cm³/mol. The highest BCUT2D eigenvalue weighted by molar-refractivity contribution is 6.06. The summed E-state index contributed by atoms with van der Waals surface area (Å²) >= 11 is 0. The smallest absolute Gasteiger partial charge is 0.252 e. The minimum Gasteiger partial charge on any atom is -0.393 e. The van der Waals surface area contributed by atoms with Gasteiger partial charge in [0.1, 0.15) is 5.82 Å². The van der Waals surface area contributed by atoms with Gasteiger partial charge in [0.15, 0.2) is 0 Å². The number of hydrogen-bond acceptors (Lipinski definition) is 3. The number of rotatable bonds is 5. The predicted octanol–water partition coefficient (Wildman–Crippen LogP) is 2.11. The summed E-state index contributed by atoms with van der Waals surface area (Å²) in [5, 5.41) is 12.5. The van der Waals surface area contributed by atoms with Gasteiger partial charge in [0.2, 0.25) is 5.56 Å². The molecule has 0 aliphatic rings. The van der Waals surface area contributed by atoms with Crippen LogP contribution >= 0.6 is 0 Å². The Morgan fingerprint density at radius 1 is 1.35 bits per heavy atom. The maximum Gasteiger partial charge on any atom is 0.252 e. The minimum atomic E-state index is -0.561. The molecule has 0 saturated carbocycles. The molecule has 1 aromatic carbocycles. The zero-order valence-corrected chi connectivity index (χ0v) is 13.4. The van der Waals surface area contributed by atoms with Crippen LogP contribution < -0.4 is 10.9 Å². The number of carbonyl (C=O) groups is 1. The molecule has 2 atom stereocenters. The third kappa shape index (κ3) is 4.16. The molecule has 2 aromatic rings. The van der Waals surface area contributed by atoms with E-state index in [-0.39, 0.29) is 17.0 Å². The molecule has 0 bridgehead atoms. The Hall–Kier alpha value is -2.21. The number of nitrogens with one attached hydrogen (secondary N) is 2. The molecule has 1 heterocycles. The van der Waals surface area contributed by atoms with Crippen LogP contribution in [0.15, 0.2) is 23.0 Å². The lowest BCUT2D eigenvalue weighted by Crippen LogP contribution is -2.30. The maximum absolute atomic E-state index is 14.0. The summed E-state index contributed by atoms with van der Waals surface area (Å²) in [4.78, 5) is 26.5. The SMILES string of the molecule is Cc1cc(F)c2[nH]c(=O)cc(C(=O)NCC(C)CC(C)O)c2c1. The van der Waals surface area contributed by atoms with E-state index in [2.05, 4.69) is 10.3 Å². The quantitative estimate of drug-likeness (QED) is 0.789. The molecule has 0 aliphatic heterocycles. The summed E-state index contributed by atoms with van der Waals surface area (Å²) in [7, 11) is 0. The number of aryl methyl sites for hydroxylation is 1. The highest BCUT2D eigenvalue weighted by Crippen LogP contribution is 2.20. The van der Waals surface area contributed by atoms with Crippen molar-refractivity contribution in [1.82, 2.24) is 10.3 Å². The topological polar surface area (TPSA) is 82.2 Å². The number of aromatic amines is 1. The number of amides is 1. The number of carbonyl (C=O) groups excluding carboxylic acids is 1. The van der Waals surface area contributed by atoms with Gasteiger partial charge in [-0.15, -0.1) is 0 Å². The van der Waals surface area contributed by atoms with Gasteiger partial charge in [-0.25, -0.2) is 4.39 Å². The molecular formula is C17H21FN2O3. The second kappa shape index (κ2) is 6.91. The van der Waals surface area contributed by atoms with Crippen LogP contribution in [0.2, 0.25) is 0 Å². The van der Waals surface area contributed by atoms with Gasteiger partial charge in [-0.1, -0.05) is 6.92 Å². The van der Waals surface area contributed by atoms with Crippen LogP contribution in [0.5, 0.6) is 0 Å². The van der Waals surface area contributed by atoms with E-state index in [0.29, 0.717) is 23.9 Å². The Morgan fingerprint density at radius 2 is 2.04 bits per heavy atom. The number of pyridine rings is 1. The van der Waals surface area contributed by atoms with E-state index in [1.807, 2.05) is 6.92 Å². The molecule has 0 spiro atoms. The first-order valence-electron chi connectivity index (χ1n) is 7.57. The van der Waals surface area contributed by atoms with E-state index in [0.717, 1.165) is 0 Å². The average Bonchev–Trinajstić information content (AvgIpc) is 2.44. The molecule has 0 fully saturated rings. The molecule has 1 amide bonds. The summed E-state index contributed by atoms with van der Waals surface area (Å²) in [6.07, 6.45) is 0.114. The number of aliphatic hydroxyl groups excluding tert-OH is 1. The minimum absolute atomic E-state index is 0.0327. The number of aromatic nitrogens is 1. The fraction of sp³-hybridized carbons (Fsp3) is 0.412. The van der Waals surface area contributed by atoms with Crippen molar-refractivity contribution in [1.29, 1.82) is 0 Å². The third-order valence-corrected chi connectivity index (χ3v) is 3.65. The van der Waals surface area contributed by atoms with Crippen LogP contribution in [0.4, 0.5) is 4.39 Å². The number of hydrogen-bond donors (Lipinski definition) is 3. The number of halogens is 1. The van der Waals surface area contributed by atoms with Crippen LogP contribution in [-0.4, -0.2) is 28.6 Å². The summed E-state index contributed by atoms with van der Waals surface area (Å²) < 4.78 is 14.0. The van der Waals surface area contributed by atoms with Gasteiger partial charge in [-0.05, 0) is 43.9 Å². The molecular weight excluding hydrogens is 299 g/mol. The number of H-pyrrole nitrogens is 1. The monoisotopic (exact) mass is 320 g/mol. The summed E-state index contributed by atoms with van der Waals surface area (Å²) in [5.74, 6) is -0.900. The van der Waals surface area contributed by atoms with Gasteiger partial charge in [0.25, 0.3) is 5.91 Å². The lowest BCUT2D eigenvalue weighted by molar-refractivity contribution is 0.0941. The first-order chi connectivity index (χ1) is 10.8. The van der Waals surface area contributed by atoms with Crippen LogP contribution in [-0.2, 0) is 0 Å². The fourth-order valence-electron chi connectivity index (χ4n) is 2.67. The number of aliphatic hydroxyl groups is 1. The van der Waals surface area contributed by atoms with Gasteiger partial charge in [-0.3, -0.25) is 9.59 Å². The van der Waals surface area contributed by atoms with Gasteiger partial charge in [-0.2, -0.15) is 0 Å². The highest BCUT2D eigenvalue weighted by atomic mass is 19.1. The van der Waals surface area contributed by atoms with Gasteiger partial charge >= 0.3 is 0 Å². The molecule has 5 nitrogen and oxygen atoms in total. The van der Waals surface area contributed by atoms with E-state index >= 15 is 0 Å². The maximum atomic E-state index is 14.0. The average molecular weight is 320 g/mol. The Labute approximate surface area is 133 Å². The fourth-order valence-corrected chi connectivity index (χ4v) is 2.67. The first kappa shape index (κ1) is 17.1. The molecule has 6 heteroatoms. The van der Waals surface area contributed by atoms with E-state index < -0.39 is 23.4 Å².